The third-order valence-electron chi connectivity index (χ3n) is 3.14. The Bertz CT molecular complexity index is 641. The summed E-state index contributed by atoms with van der Waals surface area (Å²) in [6, 6.07) is 5.96. The number of thiophene rings is 1. The fraction of sp³-hybridized carbons (Fsp3) is 0.267. The lowest BCUT2D eigenvalue weighted by molar-refractivity contribution is 0.0690. The highest BCUT2D eigenvalue weighted by atomic mass is 32.1. The highest BCUT2D eigenvalue weighted by molar-refractivity contribution is 7.10. The van der Waals surface area contributed by atoms with Gasteiger partial charge in [-0.15, -0.1) is 11.3 Å². The molecule has 1 atom stereocenters. The lowest BCUT2D eigenvalue weighted by Gasteiger charge is -2.23. The minimum Gasteiger partial charge on any atom is -0.478 e. The second kappa shape index (κ2) is 6.22. The second-order valence-corrected chi connectivity index (χ2v) is 5.95. The predicted octanol–water partition coefficient (Wildman–Crippen LogP) is 4.53. The van der Waals surface area contributed by atoms with Crippen molar-refractivity contribution in [2.24, 2.45) is 5.92 Å². The molecule has 0 radical (unpaired) electrons. The first kappa shape index (κ1) is 15.4. The van der Waals surface area contributed by atoms with Gasteiger partial charge >= 0.3 is 5.97 Å². The van der Waals surface area contributed by atoms with Gasteiger partial charge in [0.2, 0.25) is 0 Å². The molecule has 0 saturated carbocycles. The highest BCUT2D eigenvalue weighted by Crippen LogP contribution is 2.31. The number of carbonyl (C=O) groups is 1. The molecule has 0 spiro atoms. The van der Waals surface area contributed by atoms with Crippen molar-refractivity contribution in [1.82, 2.24) is 0 Å². The summed E-state index contributed by atoms with van der Waals surface area (Å²) >= 11 is 1.52. The van der Waals surface area contributed by atoms with Crippen LogP contribution in [0.4, 0.5) is 14.5 Å². The van der Waals surface area contributed by atoms with E-state index >= 15 is 0 Å². The Labute approximate surface area is 125 Å². The molecule has 0 fully saturated rings. The normalized spacial score (nSPS) is 12.4. The SMILES string of the molecule is CC(C)C(Nc1ccc(C(=O)O)c(F)c1F)c1cccs1. The van der Waals surface area contributed by atoms with E-state index in [-0.39, 0.29) is 17.6 Å². The van der Waals surface area contributed by atoms with E-state index in [1.165, 1.54) is 17.4 Å². The van der Waals surface area contributed by atoms with Gasteiger partial charge < -0.3 is 10.4 Å². The van der Waals surface area contributed by atoms with Gasteiger partial charge in [-0.05, 0) is 29.5 Å². The molecule has 0 saturated heterocycles. The number of aromatic carboxylic acids is 1. The molecule has 2 N–H and O–H groups in total. The van der Waals surface area contributed by atoms with E-state index in [1.807, 2.05) is 31.4 Å². The van der Waals surface area contributed by atoms with Crippen molar-refractivity contribution in [2.75, 3.05) is 5.32 Å². The van der Waals surface area contributed by atoms with Crippen LogP contribution in [0.2, 0.25) is 0 Å². The maximum Gasteiger partial charge on any atom is 0.338 e. The molecule has 112 valence electrons. The average Bonchev–Trinajstić information content (AvgIpc) is 2.93. The van der Waals surface area contributed by atoms with Gasteiger partial charge in [-0.25, -0.2) is 13.6 Å². The number of benzene rings is 1. The zero-order valence-corrected chi connectivity index (χ0v) is 12.4. The van der Waals surface area contributed by atoms with E-state index in [1.54, 1.807) is 0 Å². The number of halogens is 2. The fourth-order valence-electron chi connectivity index (χ4n) is 2.03. The number of carboxylic acids is 1. The zero-order valence-electron chi connectivity index (χ0n) is 11.6. The van der Waals surface area contributed by atoms with Gasteiger partial charge in [0, 0.05) is 4.88 Å². The molecule has 1 aromatic carbocycles. The summed E-state index contributed by atoms with van der Waals surface area (Å²) < 4.78 is 27.7. The van der Waals surface area contributed by atoms with Crippen molar-refractivity contribution in [3.05, 3.63) is 51.7 Å². The summed E-state index contributed by atoms with van der Waals surface area (Å²) in [6.07, 6.45) is 0. The number of hydrogen-bond acceptors (Lipinski definition) is 3. The van der Waals surface area contributed by atoms with Crippen LogP contribution in [-0.4, -0.2) is 11.1 Å². The van der Waals surface area contributed by atoms with Gasteiger partial charge in [-0.3, -0.25) is 0 Å². The number of hydrogen-bond donors (Lipinski definition) is 2. The summed E-state index contributed by atoms with van der Waals surface area (Å²) in [5.74, 6) is -3.85. The molecule has 6 heteroatoms. The van der Waals surface area contributed by atoms with Gasteiger partial charge in [0.25, 0.3) is 0 Å². The van der Waals surface area contributed by atoms with Gasteiger partial charge in [0.05, 0.1) is 17.3 Å². The topological polar surface area (TPSA) is 49.3 Å². The molecule has 0 aliphatic rings. The smallest absolute Gasteiger partial charge is 0.338 e. The third kappa shape index (κ3) is 3.21. The van der Waals surface area contributed by atoms with Crippen LogP contribution in [0, 0.1) is 17.6 Å². The van der Waals surface area contributed by atoms with E-state index in [2.05, 4.69) is 5.32 Å². The Kier molecular flexibility index (Phi) is 4.57. The van der Waals surface area contributed by atoms with Crippen molar-refractivity contribution in [2.45, 2.75) is 19.9 Å². The highest BCUT2D eigenvalue weighted by Gasteiger charge is 2.22. The second-order valence-electron chi connectivity index (χ2n) is 4.98. The first-order valence-corrected chi connectivity index (χ1v) is 7.31. The van der Waals surface area contributed by atoms with Crippen LogP contribution in [0.15, 0.2) is 29.6 Å². The van der Waals surface area contributed by atoms with Gasteiger partial charge in [0.15, 0.2) is 11.6 Å². The number of rotatable bonds is 5. The maximum atomic E-state index is 14.0. The van der Waals surface area contributed by atoms with Crippen LogP contribution in [0.25, 0.3) is 0 Å². The Morgan fingerprint density at radius 3 is 2.48 bits per heavy atom. The quantitative estimate of drug-likeness (QED) is 0.852. The largest absolute Gasteiger partial charge is 0.478 e. The molecule has 0 amide bonds. The van der Waals surface area contributed by atoms with E-state index in [9.17, 15) is 13.6 Å². The summed E-state index contributed by atoms with van der Waals surface area (Å²) in [5.41, 5.74) is -0.708. The number of anilines is 1. The van der Waals surface area contributed by atoms with Gasteiger partial charge in [-0.2, -0.15) is 0 Å². The van der Waals surface area contributed by atoms with Crippen molar-refractivity contribution in [1.29, 1.82) is 0 Å². The minimum absolute atomic E-state index is 0.0374. The number of nitrogens with one attached hydrogen (secondary N) is 1. The van der Waals surface area contributed by atoms with Crippen LogP contribution in [0.5, 0.6) is 0 Å². The van der Waals surface area contributed by atoms with Crippen molar-refractivity contribution in [3.63, 3.8) is 0 Å². The monoisotopic (exact) mass is 311 g/mol. The lowest BCUT2D eigenvalue weighted by Crippen LogP contribution is -2.17. The molecule has 21 heavy (non-hydrogen) atoms. The predicted molar refractivity (Wildman–Crippen MR) is 78.8 cm³/mol. The van der Waals surface area contributed by atoms with Gasteiger partial charge in [0.1, 0.15) is 0 Å². The molecule has 0 aliphatic carbocycles. The minimum atomic E-state index is -1.49. The fourth-order valence-corrected chi connectivity index (χ4v) is 2.98. The Hall–Kier alpha value is -1.95. The molecule has 3 nitrogen and oxygen atoms in total. The van der Waals surface area contributed by atoms with E-state index < -0.39 is 23.2 Å². The van der Waals surface area contributed by atoms with Crippen LogP contribution >= 0.6 is 11.3 Å². The van der Waals surface area contributed by atoms with Crippen LogP contribution < -0.4 is 5.32 Å². The summed E-state index contributed by atoms with van der Waals surface area (Å²) in [5, 5.41) is 13.6. The molecular formula is C15H15F2NO2S. The average molecular weight is 311 g/mol. The van der Waals surface area contributed by atoms with Crippen LogP contribution in [-0.2, 0) is 0 Å². The lowest BCUT2D eigenvalue weighted by atomic mass is 10.0. The Morgan fingerprint density at radius 2 is 1.95 bits per heavy atom. The summed E-state index contributed by atoms with van der Waals surface area (Å²) in [6.45, 7) is 3.94. The van der Waals surface area contributed by atoms with Gasteiger partial charge in [-0.1, -0.05) is 19.9 Å². The summed E-state index contributed by atoms with van der Waals surface area (Å²) in [4.78, 5) is 11.8. The molecular weight excluding hydrogens is 296 g/mol. The molecule has 2 aromatic rings. The Balaban J connectivity index is 2.34. The summed E-state index contributed by atoms with van der Waals surface area (Å²) in [7, 11) is 0. The van der Waals surface area contributed by atoms with E-state index in [0.29, 0.717) is 0 Å². The first-order valence-electron chi connectivity index (χ1n) is 6.43. The molecule has 2 rings (SSSR count). The Morgan fingerprint density at radius 1 is 1.24 bits per heavy atom. The van der Waals surface area contributed by atoms with Crippen molar-refractivity contribution >= 4 is 23.0 Å². The van der Waals surface area contributed by atoms with Crippen LogP contribution in [0.1, 0.15) is 35.1 Å². The van der Waals surface area contributed by atoms with E-state index in [4.69, 9.17) is 5.11 Å². The molecule has 0 bridgehead atoms. The third-order valence-corrected chi connectivity index (χ3v) is 4.10. The zero-order chi connectivity index (χ0) is 15.6. The molecule has 1 unspecified atom stereocenters. The van der Waals surface area contributed by atoms with E-state index in [0.717, 1.165) is 10.9 Å². The molecule has 1 heterocycles. The standard InChI is InChI=1S/C15H15F2NO2S/c1-8(2)14(11-4-3-7-21-11)18-10-6-5-9(15(19)20)12(16)13(10)17/h3-8,14,18H,1-2H3,(H,19,20). The van der Waals surface area contributed by atoms with Crippen LogP contribution in [0.3, 0.4) is 0 Å². The first-order chi connectivity index (χ1) is 9.91. The maximum absolute atomic E-state index is 14.0. The molecule has 0 aliphatic heterocycles. The van der Waals surface area contributed by atoms with Crippen molar-refractivity contribution < 1.29 is 18.7 Å². The number of carboxylic acid groups (broad SMARTS) is 1. The van der Waals surface area contributed by atoms with Crippen molar-refractivity contribution in [3.8, 4) is 0 Å². The molecule has 1 aromatic heterocycles.